The van der Waals surface area contributed by atoms with Crippen LogP contribution in [0, 0.1) is 10.1 Å². The van der Waals surface area contributed by atoms with E-state index in [2.05, 4.69) is 10.3 Å². The molecule has 104 valence electrons. The van der Waals surface area contributed by atoms with Crippen LogP contribution < -0.4 is 5.32 Å². The molecule has 1 aliphatic rings. The third-order valence-electron chi connectivity index (χ3n) is 3.18. The summed E-state index contributed by atoms with van der Waals surface area (Å²) < 4.78 is 1.54. The zero-order valence-electron chi connectivity index (χ0n) is 10.8. The molecule has 8 nitrogen and oxygen atoms in total. The monoisotopic (exact) mass is 267 g/mol. The minimum absolute atomic E-state index is 0.0924. The van der Waals surface area contributed by atoms with Gasteiger partial charge in [-0.2, -0.15) is 0 Å². The Hall–Kier alpha value is -2.12. The summed E-state index contributed by atoms with van der Waals surface area (Å²) >= 11 is 0. The fraction of sp³-hybridized carbons (Fsp3) is 0.636. The summed E-state index contributed by atoms with van der Waals surface area (Å²) in [5.41, 5.74) is 0. The molecule has 1 fully saturated rings. The lowest BCUT2D eigenvalue weighted by molar-refractivity contribution is -0.388. The van der Waals surface area contributed by atoms with Crippen LogP contribution in [0.5, 0.6) is 0 Å². The number of imidazole rings is 1. The number of likely N-dealkylation sites (tertiary alicyclic amines) is 1. The minimum Gasteiger partial charge on any atom is -0.364 e. The summed E-state index contributed by atoms with van der Waals surface area (Å²) in [5.74, 6) is 0.213. The first-order valence-electron chi connectivity index (χ1n) is 6.27. The Morgan fingerprint density at radius 1 is 1.53 bits per heavy atom. The second-order valence-electron chi connectivity index (χ2n) is 4.55. The first-order valence-corrected chi connectivity index (χ1v) is 6.27. The van der Waals surface area contributed by atoms with Crippen LogP contribution in [0.15, 0.2) is 6.33 Å². The summed E-state index contributed by atoms with van der Waals surface area (Å²) in [6.45, 7) is 2.02. The predicted molar refractivity (Wildman–Crippen MR) is 68.8 cm³/mol. The first-order chi connectivity index (χ1) is 9.09. The van der Waals surface area contributed by atoms with Gasteiger partial charge < -0.3 is 20.3 Å². The molecule has 0 aliphatic carbocycles. The van der Waals surface area contributed by atoms with Crippen molar-refractivity contribution >= 4 is 17.5 Å². The third-order valence-corrected chi connectivity index (χ3v) is 3.18. The number of nitrogens with zero attached hydrogens (tertiary/aromatic N) is 4. The molecule has 0 bridgehead atoms. The van der Waals surface area contributed by atoms with Crippen molar-refractivity contribution in [3.63, 3.8) is 0 Å². The van der Waals surface area contributed by atoms with Gasteiger partial charge in [-0.05, 0) is 22.7 Å². The van der Waals surface area contributed by atoms with E-state index in [0.717, 1.165) is 25.9 Å². The van der Waals surface area contributed by atoms with Crippen LogP contribution in [-0.2, 0) is 11.8 Å². The van der Waals surface area contributed by atoms with Crippen molar-refractivity contribution in [1.29, 1.82) is 0 Å². The Morgan fingerprint density at radius 2 is 2.21 bits per heavy atom. The van der Waals surface area contributed by atoms with Crippen LogP contribution in [0.25, 0.3) is 0 Å². The van der Waals surface area contributed by atoms with Crippen molar-refractivity contribution in [3.8, 4) is 0 Å². The molecular formula is C11H17N5O3. The van der Waals surface area contributed by atoms with E-state index in [1.807, 2.05) is 4.90 Å². The summed E-state index contributed by atoms with van der Waals surface area (Å²) in [6, 6.07) is 0. The SMILES string of the molecule is Cn1cnc([N+](=O)[O-])c1NCCC(=O)N1CCCC1. The normalized spacial score (nSPS) is 14.7. The highest BCUT2D eigenvalue weighted by molar-refractivity contribution is 5.77. The summed E-state index contributed by atoms with van der Waals surface area (Å²) in [7, 11) is 1.67. The van der Waals surface area contributed by atoms with E-state index >= 15 is 0 Å². The van der Waals surface area contributed by atoms with Crippen molar-refractivity contribution in [2.45, 2.75) is 19.3 Å². The van der Waals surface area contributed by atoms with E-state index in [1.165, 1.54) is 6.33 Å². The number of anilines is 1. The zero-order chi connectivity index (χ0) is 13.8. The first kappa shape index (κ1) is 13.3. The molecule has 1 N–H and O–H groups in total. The van der Waals surface area contributed by atoms with Gasteiger partial charge in [-0.25, -0.2) is 0 Å². The molecule has 1 aromatic heterocycles. The number of carbonyl (C=O) groups is 1. The standard InChI is InChI=1S/C11H17N5O3/c1-14-8-13-11(16(18)19)10(14)12-5-4-9(17)15-6-2-3-7-15/h8,12H,2-7H2,1H3. The molecule has 0 radical (unpaired) electrons. The summed E-state index contributed by atoms with van der Waals surface area (Å²) in [6.07, 6.45) is 3.84. The van der Waals surface area contributed by atoms with Crippen LogP contribution >= 0.6 is 0 Å². The van der Waals surface area contributed by atoms with Crippen molar-refractivity contribution in [1.82, 2.24) is 14.5 Å². The van der Waals surface area contributed by atoms with Crippen LogP contribution in [-0.4, -0.2) is 44.9 Å². The average molecular weight is 267 g/mol. The van der Waals surface area contributed by atoms with E-state index < -0.39 is 4.92 Å². The van der Waals surface area contributed by atoms with Gasteiger partial charge in [0.05, 0.1) is 0 Å². The van der Waals surface area contributed by atoms with Gasteiger partial charge >= 0.3 is 5.82 Å². The predicted octanol–water partition coefficient (Wildman–Crippen LogP) is 0.753. The number of aromatic nitrogens is 2. The van der Waals surface area contributed by atoms with Crippen LogP contribution in [0.2, 0.25) is 0 Å². The maximum absolute atomic E-state index is 11.8. The number of nitrogens with one attached hydrogen (secondary N) is 1. The molecule has 1 aromatic rings. The van der Waals surface area contributed by atoms with Gasteiger partial charge in [0, 0.05) is 33.1 Å². The van der Waals surface area contributed by atoms with Gasteiger partial charge in [0.15, 0.2) is 0 Å². The lowest BCUT2D eigenvalue weighted by Crippen LogP contribution is -2.29. The Morgan fingerprint density at radius 3 is 2.84 bits per heavy atom. The molecule has 0 aromatic carbocycles. The summed E-state index contributed by atoms with van der Waals surface area (Å²) in [5, 5.41) is 13.7. The Kier molecular flexibility index (Phi) is 3.98. The van der Waals surface area contributed by atoms with Crippen molar-refractivity contribution in [2.75, 3.05) is 25.0 Å². The Bertz CT molecular complexity index is 479. The number of hydrogen-bond donors (Lipinski definition) is 1. The van der Waals surface area contributed by atoms with E-state index in [4.69, 9.17) is 0 Å². The van der Waals surface area contributed by atoms with Gasteiger partial charge in [-0.3, -0.25) is 9.36 Å². The molecule has 2 heterocycles. The van der Waals surface area contributed by atoms with Gasteiger partial charge in [0.2, 0.25) is 18.1 Å². The van der Waals surface area contributed by atoms with Crippen molar-refractivity contribution < 1.29 is 9.72 Å². The number of hydrogen-bond acceptors (Lipinski definition) is 5. The van der Waals surface area contributed by atoms with E-state index in [1.54, 1.807) is 11.6 Å². The zero-order valence-corrected chi connectivity index (χ0v) is 10.8. The number of aryl methyl sites for hydroxylation is 1. The van der Waals surface area contributed by atoms with Gasteiger partial charge in [0.1, 0.15) is 0 Å². The average Bonchev–Trinajstić information content (AvgIpc) is 2.99. The Balaban J connectivity index is 1.87. The smallest absolute Gasteiger partial charge is 0.364 e. The maximum atomic E-state index is 11.8. The van der Waals surface area contributed by atoms with Crippen LogP contribution in [0.4, 0.5) is 11.6 Å². The third kappa shape index (κ3) is 3.01. The lowest BCUT2D eigenvalue weighted by Gasteiger charge is -2.15. The quantitative estimate of drug-likeness (QED) is 0.627. The molecule has 0 spiro atoms. The molecule has 0 saturated carbocycles. The fourth-order valence-electron chi connectivity index (χ4n) is 2.17. The molecule has 1 saturated heterocycles. The number of amides is 1. The second kappa shape index (κ2) is 5.68. The topological polar surface area (TPSA) is 93.3 Å². The number of nitro groups is 1. The van der Waals surface area contributed by atoms with Crippen molar-refractivity contribution in [3.05, 3.63) is 16.4 Å². The number of carbonyl (C=O) groups excluding carboxylic acids is 1. The van der Waals surface area contributed by atoms with Crippen LogP contribution in [0.1, 0.15) is 19.3 Å². The minimum atomic E-state index is -0.537. The van der Waals surface area contributed by atoms with Gasteiger partial charge in [-0.15, -0.1) is 0 Å². The van der Waals surface area contributed by atoms with Gasteiger partial charge in [0.25, 0.3) is 0 Å². The highest BCUT2D eigenvalue weighted by Gasteiger charge is 2.21. The van der Waals surface area contributed by atoms with Crippen molar-refractivity contribution in [2.24, 2.45) is 7.05 Å². The highest BCUT2D eigenvalue weighted by Crippen LogP contribution is 2.20. The van der Waals surface area contributed by atoms with Gasteiger partial charge in [-0.1, -0.05) is 0 Å². The van der Waals surface area contributed by atoms with Crippen LogP contribution in [0.3, 0.4) is 0 Å². The molecule has 1 aliphatic heterocycles. The van der Waals surface area contributed by atoms with E-state index in [0.29, 0.717) is 18.8 Å². The van der Waals surface area contributed by atoms with E-state index in [-0.39, 0.29) is 11.7 Å². The Labute approximate surface area is 110 Å². The molecular weight excluding hydrogens is 250 g/mol. The highest BCUT2D eigenvalue weighted by atomic mass is 16.6. The van der Waals surface area contributed by atoms with E-state index in [9.17, 15) is 14.9 Å². The molecule has 19 heavy (non-hydrogen) atoms. The molecule has 2 rings (SSSR count). The molecule has 1 amide bonds. The fourth-order valence-corrected chi connectivity index (χ4v) is 2.17. The second-order valence-corrected chi connectivity index (χ2v) is 4.55. The lowest BCUT2D eigenvalue weighted by atomic mass is 10.3. The summed E-state index contributed by atoms with van der Waals surface area (Å²) in [4.78, 5) is 27.6. The molecule has 0 atom stereocenters. The maximum Gasteiger partial charge on any atom is 0.406 e. The molecule has 0 unspecified atom stereocenters. The molecule has 8 heteroatoms. The largest absolute Gasteiger partial charge is 0.406 e. The number of rotatable bonds is 5.